The van der Waals surface area contributed by atoms with Crippen LogP contribution >= 0.6 is 0 Å². The van der Waals surface area contributed by atoms with Crippen LogP contribution in [0.15, 0.2) is 18.3 Å². The van der Waals surface area contributed by atoms with Crippen molar-refractivity contribution in [2.24, 2.45) is 0 Å². The van der Waals surface area contributed by atoms with E-state index in [9.17, 15) is 4.79 Å². The number of ether oxygens (including phenoxy) is 1. The van der Waals surface area contributed by atoms with Gasteiger partial charge >= 0.3 is 6.09 Å². The summed E-state index contributed by atoms with van der Waals surface area (Å²) < 4.78 is 5.47. The van der Waals surface area contributed by atoms with Gasteiger partial charge in [0.25, 0.3) is 0 Å². The molecule has 2 heterocycles. The second-order valence-electron chi connectivity index (χ2n) is 7.24. The molecule has 0 aromatic carbocycles. The number of amides is 1. The lowest BCUT2D eigenvalue weighted by Crippen LogP contribution is -2.38. The van der Waals surface area contributed by atoms with Gasteiger partial charge in [0, 0.05) is 31.9 Å². The van der Waals surface area contributed by atoms with Gasteiger partial charge in [0.15, 0.2) is 0 Å². The van der Waals surface area contributed by atoms with Crippen molar-refractivity contribution in [1.82, 2.24) is 15.2 Å². The number of carbonyl (C=O) groups is 1. The highest BCUT2D eigenvalue weighted by Crippen LogP contribution is 2.16. The molecule has 1 aromatic rings. The van der Waals surface area contributed by atoms with Crippen LogP contribution in [0.4, 0.5) is 4.79 Å². The van der Waals surface area contributed by atoms with Crippen molar-refractivity contribution in [2.75, 3.05) is 13.1 Å². The maximum atomic E-state index is 12.2. The van der Waals surface area contributed by atoms with Gasteiger partial charge in [0.2, 0.25) is 0 Å². The molecule has 2 rings (SSSR count). The Morgan fingerprint density at radius 3 is 2.87 bits per heavy atom. The van der Waals surface area contributed by atoms with E-state index in [0.29, 0.717) is 6.04 Å². The molecule has 23 heavy (non-hydrogen) atoms. The molecule has 0 spiro atoms. The second kappa shape index (κ2) is 7.77. The number of pyridine rings is 1. The van der Waals surface area contributed by atoms with Crippen LogP contribution < -0.4 is 5.32 Å². The molecule has 1 fully saturated rings. The zero-order chi connectivity index (χ0) is 16.9. The Kier molecular flexibility index (Phi) is 5.99. The molecular formula is C18H29N3O2. The lowest BCUT2D eigenvalue weighted by Gasteiger charge is -2.26. The Balaban J connectivity index is 1.82. The summed E-state index contributed by atoms with van der Waals surface area (Å²) in [6, 6.07) is 4.47. The van der Waals surface area contributed by atoms with Gasteiger partial charge in [-0.05, 0) is 58.6 Å². The molecule has 5 heteroatoms. The van der Waals surface area contributed by atoms with Crippen molar-refractivity contribution in [3.05, 3.63) is 29.6 Å². The third-order valence-corrected chi connectivity index (χ3v) is 4.06. The fourth-order valence-electron chi connectivity index (χ4n) is 2.75. The molecule has 0 radical (unpaired) electrons. The molecule has 5 nitrogen and oxygen atoms in total. The highest BCUT2D eigenvalue weighted by Gasteiger charge is 2.25. The molecule has 1 amide bonds. The van der Waals surface area contributed by atoms with Gasteiger partial charge in [-0.3, -0.25) is 4.98 Å². The van der Waals surface area contributed by atoms with Gasteiger partial charge in [-0.2, -0.15) is 0 Å². The fourth-order valence-corrected chi connectivity index (χ4v) is 2.75. The Morgan fingerprint density at radius 1 is 1.39 bits per heavy atom. The van der Waals surface area contributed by atoms with E-state index in [1.807, 2.05) is 37.9 Å². The minimum Gasteiger partial charge on any atom is -0.444 e. The number of carbonyl (C=O) groups excluding carboxylic acids is 1. The quantitative estimate of drug-likeness (QED) is 0.929. The standard InChI is InChI=1S/C18H29N3O2/c1-14-7-5-10-19-16(14)13-20-15-8-6-11-21(12-9-15)17(22)23-18(2,3)4/h5,7,10,15,20H,6,8-9,11-13H2,1-4H3. The predicted molar refractivity (Wildman–Crippen MR) is 91.3 cm³/mol. The lowest BCUT2D eigenvalue weighted by molar-refractivity contribution is 0.0256. The van der Waals surface area contributed by atoms with E-state index in [1.54, 1.807) is 0 Å². The van der Waals surface area contributed by atoms with E-state index in [-0.39, 0.29) is 6.09 Å². The topological polar surface area (TPSA) is 54.5 Å². The molecular weight excluding hydrogens is 290 g/mol. The smallest absolute Gasteiger partial charge is 0.410 e. The summed E-state index contributed by atoms with van der Waals surface area (Å²) in [4.78, 5) is 18.4. The van der Waals surface area contributed by atoms with Crippen molar-refractivity contribution >= 4 is 6.09 Å². The Morgan fingerprint density at radius 2 is 2.17 bits per heavy atom. The summed E-state index contributed by atoms with van der Waals surface area (Å²) in [7, 11) is 0. The number of aryl methyl sites for hydroxylation is 1. The maximum Gasteiger partial charge on any atom is 0.410 e. The molecule has 1 aliphatic heterocycles. The van der Waals surface area contributed by atoms with Crippen LogP contribution in [0, 0.1) is 6.92 Å². The van der Waals surface area contributed by atoms with Crippen LogP contribution in [-0.2, 0) is 11.3 Å². The van der Waals surface area contributed by atoms with E-state index in [0.717, 1.165) is 44.6 Å². The second-order valence-corrected chi connectivity index (χ2v) is 7.24. The molecule has 0 aliphatic carbocycles. The summed E-state index contributed by atoms with van der Waals surface area (Å²) in [5, 5.41) is 3.59. The zero-order valence-corrected chi connectivity index (χ0v) is 14.8. The molecule has 1 aromatic heterocycles. The summed E-state index contributed by atoms with van der Waals surface area (Å²) in [5.74, 6) is 0. The molecule has 1 atom stereocenters. The van der Waals surface area contributed by atoms with Gasteiger partial charge < -0.3 is 15.0 Å². The molecule has 1 aliphatic rings. The zero-order valence-electron chi connectivity index (χ0n) is 14.8. The van der Waals surface area contributed by atoms with E-state index < -0.39 is 5.60 Å². The van der Waals surface area contributed by atoms with Crippen molar-refractivity contribution in [3.8, 4) is 0 Å². The average molecular weight is 319 g/mol. The fraction of sp³-hybridized carbons (Fsp3) is 0.667. The maximum absolute atomic E-state index is 12.2. The van der Waals surface area contributed by atoms with E-state index >= 15 is 0 Å². The minimum atomic E-state index is -0.433. The van der Waals surface area contributed by atoms with E-state index in [4.69, 9.17) is 4.74 Å². The number of nitrogens with zero attached hydrogens (tertiary/aromatic N) is 2. The van der Waals surface area contributed by atoms with E-state index in [1.165, 1.54) is 5.56 Å². The molecule has 1 saturated heterocycles. The highest BCUT2D eigenvalue weighted by molar-refractivity contribution is 5.68. The van der Waals surface area contributed by atoms with Crippen LogP contribution in [0.25, 0.3) is 0 Å². The number of hydrogen-bond donors (Lipinski definition) is 1. The SMILES string of the molecule is Cc1cccnc1CNC1CCCN(C(=O)OC(C)(C)C)CC1. The first-order chi connectivity index (χ1) is 10.8. The largest absolute Gasteiger partial charge is 0.444 e. The third-order valence-electron chi connectivity index (χ3n) is 4.06. The normalized spacial score (nSPS) is 19.3. The first-order valence-electron chi connectivity index (χ1n) is 8.47. The van der Waals surface area contributed by atoms with Crippen LogP contribution in [-0.4, -0.2) is 40.7 Å². The monoisotopic (exact) mass is 319 g/mol. The van der Waals surface area contributed by atoms with Gasteiger partial charge in [-0.25, -0.2) is 4.79 Å². The number of aromatic nitrogens is 1. The van der Waals surface area contributed by atoms with E-state index in [2.05, 4.69) is 23.3 Å². The number of rotatable bonds is 3. The first kappa shape index (κ1) is 17.7. The van der Waals surface area contributed by atoms with Crippen LogP contribution in [0.3, 0.4) is 0 Å². The number of nitrogens with one attached hydrogen (secondary N) is 1. The lowest BCUT2D eigenvalue weighted by atomic mass is 10.1. The summed E-state index contributed by atoms with van der Waals surface area (Å²) in [6.07, 6.45) is 4.66. The van der Waals surface area contributed by atoms with Gasteiger partial charge in [0.05, 0.1) is 5.69 Å². The van der Waals surface area contributed by atoms with Gasteiger partial charge in [0.1, 0.15) is 5.60 Å². The van der Waals surface area contributed by atoms with Crippen molar-refractivity contribution < 1.29 is 9.53 Å². The molecule has 128 valence electrons. The summed E-state index contributed by atoms with van der Waals surface area (Å²) >= 11 is 0. The minimum absolute atomic E-state index is 0.196. The molecule has 0 saturated carbocycles. The highest BCUT2D eigenvalue weighted by atomic mass is 16.6. The Labute approximate surface area is 139 Å². The number of hydrogen-bond acceptors (Lipinski definition) is 4. The van der Waals surface area contributed by atoms with Crippen molar-refractivity contribution in [3.63, 3.8) is 0 Å². The van der Waals surface area contributed by atoms with Gasteiger partial charge in [-0.1, -0.05) is 6.07 Å². The predicted octanol–water partition coefficient (Wildman–Crippen LogP) is 3.27. The number of likely N-dealkylation sites (tertiary alicyclic amines) is 1. The summed E-state index contributed by atoms with van der Waals surface area (Å²) in [5.41, 5.74) is 1.88. The van der Waals surface area contributed by atoms with Gasteiger partial charge in [-0.15, -0.1) is 0 Å². The molecule has 1 unspecified atom stereocenters. The van der Waals surface area contributed by atoms with Crippen LogP contribution in [0.5, 0.6) is 0 Å². The van der Waals surface area contributed by atoms with Crippen LogP contribution in [0.2, 0.25) is 0 Å². The van der Waals surface area contributed by atoms with Crippen molar-refractivity contribution in [2.45, 2.75) is 65.1 Å². The Bertz CT molecular complexity index is 525. The van der Waals surface area contributed by atoms with Crippen molar-refractivity contribution in [1.29, 1.82) is 0 Å². The molecule has 1 N–H and O–H groups in total. The Hall–Kier alpha value is -1.62. The average Bonchev–Trinajstić information content (AvgIpc) is 2.70. The van der Waals surface area contributed by atoms with Crippen LogP contribution in [0.1, 0.15) is 51.3 Å². The summed E-state index contributed by atoms with van der Waals surface area (Å²) in [6.45, 7) is 10.1. The molecule has 0 bridgehead atoms. The first-order valence-corrected chi connectivity index (χ1v) is 8.47. The third kappa shape index (κ3) is 5.82.